The van der Waals surface area contributed by atoms with Gasteiger partial charge in [0.2, 0.25) is 0 Å². The lowest BCUT2D eigenvalue weighted by Gasteiger charge is -2.26. The number of hydrogen-bond acceptors (Lipinski definition) is 1. The van der Waals surface area contributed by atoms with Gasteiger partial charge in [-0.3, -0.25) is 4.98 Å². The number of halogens is 2. The van der Waals surface area contributed by atoms with Crippen molar-refractivity contribution in [3.63, 3.8) is 0 Å². The largest absolute Gasteiger partial charge is 0.260 e. The lowest BCUT2D eigenvalue weighted by atomic mass is 9.85. The first-order chi connectivity index (χ1) is 7.25. The molecule has 1 aromatic rings. The van der Waals surface area contributed by atoms with Crippen molar-refractivity contribution in [3.05, 3.63) is 28.5 Å². The molecule has 0 bridgehead atoms. The molecule has 0 aliphatic heterocycles. The predicted octanol–water partition coefficient (Wildman–Crippen LogP) is 4.18. The Morgan fingerprint density at radius 1 is 1.33 bits per heavy atom. The van der Waals surface area contributed by atoms with E-state index in [-0.39, 0.29) is 0 Å². The van der Waals surface area contributed by atoms with Crippen molar-refractivity contribution in [2.45, 2.75) is 37.5 Å². The molecule has 0 radical (unpaired) electrons. The Kier molecular flexibility index (Phi) is 4.04. The van der Waals surface area contributed by atoms with Crippen LogP contribution in [0.1, 0.15) is 31.4 Å². The lowest BCUT2D eigenvalue weighted by molar-refractivity contribution is 0.361. The lowest BCUT2D eigenvalue weighted by Crippen LogP contribution is -2.22. The molecule has 1 aliphatic carbocycles. The van der Waals surface area contributed by atoms with Crippen LogP contribution in [0.4, 0.5) is 0 Å². The Morgan fingerprint density at radius 3 is 2.80 bits per heavy atom. The molecule has 2 atom stereocenters. The fourth-order valence-electron chi connectivity index (χ4n) is 2.19. The highest BCUT2D eigenvalue weighted by Crippen LogP contribution is 2.30. The van der Waals surface area contributed by atoms with Gasteiger partial charge in [-0.1, -0.05) is 12.8 Å². The van der Waals surface area contributed by atoms with Crippen molar-refractivity contribution < 1.29 is 0 Å². The second kappa shape index (κ2) is 5.31. The SMILES string of the molecule is ClC1CCCCC1Cc1ccc(Br)cn1. The Labute approximate surface area is 104 Å². The number of alkyl halides is 1. The van der Waals surface area contributed by atoms with E-state index >= 15 is 0 Å². The van der Waals surface area contributed by atoms with Crippen LogP contribution in [-0.4, -0.2) is 10.4 Å². The molecule has 1 nitrogen and oxygen atoms in total. The van der Waals surface area contributed by atoms with Crippen LogP contribution in [0.3, 0.4) is 0 Å². The van der Waals surface area contributed by atoms with E-state index in [4.69, 9.17) is 11.6 Å². The van der Waals surface area contributed by atoms with E-state index < -0.39 is 0 Å². The predicted molar refractivity (Wildman–Crippen MR) is 67.2 cm³/mol. The number of nitrogens with zero attached hydrogens (tertiary/aromatic N) is 1. The maximum atomic E-state index is 6.33. The van der Waals surface area contributed by atoms with E-state index in [1.165, 1.54) is 25.7 Å². The minimum absolute atomic E-state index is 0.351. The fourth-order valence-corrected chi connectivity index (χ4v) is 2.79. The maximum absolute atomic E-state index is 6.33. The van der Waals surface area contributed by atoms with Gasteiger partial charge in [0, 0.05) is 21.7 Å². The molecule has 82 valence electrons. The van der Waals surface area contributed by atoms with Crippen LogP contribution >= 0.6 is 27.5 Å². The molecule has 1 heterocycles. The summed E-state index contributed by atoms with van der Waals surface area (Å²) in [6.07, 6.45) is 7.93. The van der Waals surface area contributed by atoms with Gasteiger partial charge in [0.05, 0.1) is 0 Å². The first kappa shape index (κ1) is 11.4. The molecule has 1 fully saturated rings. The molecule has 0 saturated heterocycles. The van der Waals surface area contributed by atoms with E-state index in [2.05, 4.69) is 27.0 Å². The molecule has 1 aromatic heterocycles. The summed E-state index contributed by atoms with van der Waals surface area (Å²) >= 11 is 9.72. The summed E-state index contributed by atoms with van der Waals surface area (Å²) in [6.45, 7) is 0. The Morgan fingerprint density at radius 2 is 2.13 bits per heavy atom. The quantitative estimate of drug-likeness (QED) is 0.744. The van der Waals surface area contributed by atoms with Crippen LogP contribution in [0.2, 0.25) is 0 Å². The van der Waals surface area contributed by atoms with Gasteiger partial charge in [0.25, 0.3) is 0 Å². The van der Waals surface area contributed by atoms with Gasteiger partial charge < -0.3 is 0 Å². The molecule has 0 aromatic carbocycles. The zero-order chi connectivity index (χ0) is 10.7. The number of hydrogen-bond donors (Lipinski definition) is 0. The van der Waals surface area contributed by atoms with Gasteiger partial charge in [-0.2, -0.15) is 0 Å². The average molecular weight is 289 g/mol. The van der Waals surface area contributed by atoms with Crippen molar-refractivity contribution in [1.29, 1.82) is 0 Å². The maximum Gasteiger partial charge on any atom is 0.0413 e. The second-order valence-electron chi connectivity index (χ2n) is 4.23. The van der Waals surface area contributed by atoms with Gasteiger partial charge in [0.1, 0.15) is 0 Å². The molecule has 15 heavy (non-hydrogen) atoms. The number of pyridine rings is 1. The van der Waals surface area contributed by atoms with Gasteiger partial charge in [0.15, 0.2) is 0 Å². The van der Waals surface area contributed by atoms with E-state index in [1.807, 2.05) is 12.3 Å². The Bertz CT molecular complexity index is 312. The third-order valence-electron chi connectivity index (χ3n) is 3.08. The molecule has 2 rings (SSSR count). The van der Waals surface area contributed by atoms with Gasteiger partial charge in [-0.25, -0.2) is 0 Å². The van der Waals surface area contributed by atoms with Crippen molar-refractivity contribution in [3.8, 4) is 0 Å². The normalized spacial score (nSPS) is 26.5. The molecule has 2 unspecified atom stereocenters. The standard InChI is InChI=1S/C12H15BrClN/c13-10-5-6-11(15-8-10)7-9-3-1-2-4-12(9)14/h5-6,8-9,12H,1-4,7H2. The third kappa shape index (κ3) is 3.18. The highest BCUT2D eigenvalue weighted by molar-refractivity contribution is 9.10. The third-order valence-corrected chi connectivity index (χ3v) is 4.12. The first-order valence-electron chi connectivity index (χ1n) is 5.50. The number of rotatable bonds is 2. The zero-order valence-corrected chi connectivity index (χ0v) is 11.0. The number of aromatic nitrogens is 1. The smallest absolute Gasteiger partial charge is 0.0413 e. The molecule has 0 N–H and O–H groups in total. The molecule has 0 amide bonds. The molecule has 1 aliphatic rings. The first-order valence-corrected chi connectivity index (χ1v) is 6.73. The summed E-state index contributed by atoms with van der Waals surface area (Å²) in [4.78, 5) is 4.40. The van der Waals surface area contributed by atoms with Crippen molar-refractivity contribution in [2.24, 2.45) is 5.92 Å². The van der Waals surface area contributed by atoms with Gasteiger partial charge in [-0.15, -0.1) is 11.6 Å². The molecule has 0 spiro atoms. The highest BCUT2D eigenvalue weighted by atomic mass is 79.9. The van der Waals surface area contributed by atoms with Crippen molar-refractivity contribution in [1.82, 2.24) is 4.98 Å². The minimum Gasteiger partial charge on any atom is -0.260 e. The summed E-state index contributed by atoms with van der Waals surface area (Å²) in [5.41, 5.74) is 1.16. The van der Waals surface area contributed by atoms with Gasteiger partial charge >= 0.3 is 0 Å². The monoisotopic (exact) mass is 287 g/mol. The zero-order valence-electron chi connectivity index (χ0n) is 8.63. The van der Waals surface area contributed by atoms with Crippen LogP contribution in [0, 0.1) is 5.92 Å². The summed E-state index contributed by atoms with van der Waals surface area (Å²) in [7, 11) is 0. The van der Waals surface area contributed by atoms with Crippen LogP contribution in [0.15, 0.2) is 22.8 Å². The molecule has 3 heteroatoms. The summed E-state index contributed by atoms with van der Waals surface area (Å²) in [5, 5.41) is 0.351. The van der Waals surface area contributed by atoms with Crippen LogP contribution in [-0.2, 0) is 6.42 Å². The Balaban J connectivity index is 1.98. The van der Waals surface area contributed by atoms with Gasteiger partial charge in [-0.05, 0) is 53.2 Å². The van der Waals surface area contributed by atoms with Crippen molar-refractivity contribution in [2.75, 3.05) is 0 Å². The van der Waals surface area contributed by atoms with Crippen molar-refractivity contribution >= 4 is 27.5 Å². The molecule has 1 saturated carbocycles. The summed E-state index contributed by atoms with van der Waals surface area (Å²) in [6, 6.07) is 4.14. The van der Waals surface area contributed by atoms with E-state index in [0.717, 1.165) is 16.6 Å². The highest BCUT2D eigenvalue weighted by Gasteiger charge is 2.23. The fraction of sp³-hybridized carbons (Fsp3) is 0.583. The molecular weight excluding hydrogens is 273 g/mol. The minimum atomic E-state index is 0.351. The van der Waals surface area contributed by atoms with Crippen LogP contribution in [0.5, 0.6) is 0 Å². The van der Waals surface area contributed by atoms with Crippen LogP contribution in [0.25, 0.3) is 0 Å². The van der Waals surface area contributed by atoms with E-state index in [0.29, 0.717) is 11.3 Å². The Hall–Kier alpha value is -0.0800. The van der Waals surface area contributed by atoms with E-state index in [1.54, 1.807) is 0 Å². The second-order valence-corrected chi connectivity index (χ2v) is 5.71. The topological polar surface area (TPSA) is 12.9 Å². The van der Waals surface area contributed by atoms with E-state index in [9.17, 15) is 0 Å². The summed E-state index contributed by atoms with van der Waals surface area (Å²) in [5.74, 6) is 0.620. The molecular formula is C12H15BrClN. The van der Waals surface area contributed by atoms with Crippen LogP contribution < -0.4 is 0 Å². The average Bonchev–Trinajstić information content (AvgIpc) is 2.25. The summed E-state index contributed by atoms with van der Waals surface area (Å²) < 4.78 is 1.04.